The Morgan fingerprint density at radius 3 is 2.33 bits per heavy atom. The molecule has 0 spiro atoms. The van der Waals surface area contributed by atoms with E-state index in [1.165, 1.54) is 30.6 Å². The van der Waals surface area contributed by atoms with Crippen molar-refractivity contribution in [3.05, 3.63) is 89.3 Å². The standard InChI is InChI=1S/C23H22FN5O3S/c1-15-16(2)27-29(17(15)3)22-12-23(26-14-25-22)32-21-10-8-20(9-11-21)28-33(30,31)13-18-4-6-19(24)7-5-18/h4-12,14,28H,13H2,1-3H3. The lowest BCUT2D eigenvalue weighted by Gasteiger charge is -2.10. The molecule has 33 heavy (non-hydrogen) atoms. The molecule has 0 atom stereocenters. The molecule has 10 heteroatoms. The van der Waals surface area contributed by atoms with Crippen molar-refractivity contribution in [2.45, 2.75) is 26.5 Å². The topological polar surface area (TPSA) is 99.0 Å². The fraction of sp³-hybridized carbons (Fsp3) is 0.174. The second kappa shape index (κ2) is 8.99. The van der Waals surface area contributed by atoms with Crippen LogP contribution in [-0.2, 0) is 15.8 Å². The van der Waals surface area contributed by atoms with Crippen molar-refractivity contribution in [1.29, 1.82) is 0 Å². The molecular formula is C23H22FN5O3S. The number of ether oxygens (including phenoxy) is 1. The highest BCUT2D eigenvalue weighted by molar-refractivity contribution is 7.91. The van der Waals surface area contributed by atoms with E-state index in [0.717, 1.165) is 17.0 Å². The van der Waals surface area contributed by atoms with Crippen molar-refractivity contribution in [1.82, 2.24) is 19.7 Å². The van der Waals surface area contributed by atoms with Crippen molar-refractivity contribution < 1.29 is 17.5 Å². The predicted molar refractivity (Wildman–Crippen MR) is 123 cm³/mol. The molecule has 170 valence electrons. The summed E-state index contributed by atoms with van der Waals surface area (Å²) < 4.78 is 47.8. The largest absolute Gasteiger partial charge is 0.439 e. The van der Waals surface area contributed by atoms with Crippen LogP contribution in [0, 0.1) is 26.6 Å². The average Bonchev–Trinajstić information content (AvgIpc) is 3.04. The lowest BCUT2D eigenvalue weighted by atomic mass is 10.2. The van der Waals surface area contributed by atoms with Crippen LogP contribution in [0.1, 0.15) is 22.5 Å². The number of anilines is 1. The molecule has 0 saturated carbocycles. The molecule has 4 rings (SSSR count). The van der Waals surface area contributed by atoms with Gasteiger partial charge in [-0.3, -0.25) is 4.72 Å². The molecule has 0 fully saturated rings. The van der Waals surface area contributed by atoms with E-state index in [-0.39, 0.29) is 5.75 Å². The third-order valence-corrected chi connectivity index (χ3v) is 6.38. The summed E-state index contributed by atoms with van der Waals surface area (Å²) in [6, 6.07) is 13.4. The normalized spacial score (nSPS) is 11.4. The van der Waals surface area contributed by atoms with E-state index < -0.39 is 15.8 Å². The third-order valence-electron chi connectivity index (χ3n) is 5.12. The van der Waals surface area contributed by atoms with Gasteiger partial charge in [-0.25, -0.2) is 27.5 Å². The molecule has 0 radical (unpaired) electrons. The van der Waals surface area contributed by atoms with Gasteiger partial charge in [0, 0.05) is 17.4 Å². The Hall–Kier alpha value is -3.79. The van der Waals surface area contributed by atoms with Crippen molar-refractivity contribution in [3.8, 4) is 17.4 Å². The summed E-state index contributed by atoms with van der Waals surface area (Å²) in [5.74, 6) is 0.709. The fourth-order valence-corrected chi connectivity index (χ4v) is 4.37. The SMILES string of the molecule is Cc1nn(-c2cc(Oc3ccc(NS(=O)(=O)Cc4ccc(F)cc4)cc3)ncn2)c(C)c1C. The zero-order chi connectivity index (χ0) is 23.6. The summed E-state index contributed by atoms with van der Waals surface area (Å²) >= 11 is 0. The van der Waals surface area contributed by atoms with Crippen LogP contribution >= 0.6 is 0 Å². The third kappa shape index (κ3) is 5.35. The van der Waals surface area contributed by atoms with Crippen molar-refractivity contribution in [3.63, 3.8) is 0 Å². The maximum Gasteiger partial charge on any atom is 0.236 e. The number of rotatable bonds is 7. The van der Waals surface area contributed by atoms with Crippen LogP contribution in [0.5, 0.6) is 11.6 Å². The first-order valence-electron chi connectivity index (χ1n) is 10.1. The van der Waals surface area contributed by atoms with Gasteiger partial charge in [0.05, 0.1) is 11.4 Å². The fourth-order valence-electron chi connectivity index (χ4n) is 3.17. The minimum Gasteiger partial charge on any atom is -0.439 e. The predicted octanol–water partition coefficient (Wildman–Crippen LogP) is 4.46. The zero-order valence-electron chi connectivity index (χ0n) is 18.3. The summed E-state index contributed by atoms with van der Waals surface area (Å²) in [6.07, 6.45) is 1.40. The molecular weight excluding hydrogens is 445 g/mol. The van der Waals surface area contributed by atoms with Gasteiger partial charge in [0.25, 0.3) is 0 Å². The first-order valence-corrected chi connectivity index (χ1v) is 11.7. The first-order chi connectivity index (χ1) is 15.7. The molecule has 0 bridgehead atoms. The summed E-state index contributed by atoms with van der Waals surface area (Å²) in [5.41, 5.74) is 3.86. The Bertz CT molecular complexity index is 1380. The highest BCUT2D eigenvalue weighted by atomic mass is 32.2. The number of sulfonamides is 1. The quantitative estimate of drug-likeness (QED) is 0.431. The molecule has 0 saturated heterocycles. The number of benzene rings is 2. The second-order valence-corrected chi connectivity index (χ2v) is 9.26. The number of hydrogen-bond acceptors (Lipinski definition) is 6. The van der Waals surface area contributed by atoms with E-state index in [9.17, 15) is 12.8 Å². The highest BCUT2D eigenvalue weighted by Crippen LogP contribution is 2.24. The summed E-state index contributed by atoms with van der Waals surface area (Å²) in [4.78, 5) is 8.41. The van der Waals surface area contributed by atoms with Crippen LogP contribution in [0.2, 0.25) is 0 Å². The minimum atomic E-state index is -3.66. The second-order valence-electron chi connectivity index (χ2n) is 7.54. The van der Waals surface area contributed by atoms with Gasteiger partial charge in [0.15, 0.2) is 5.82 Å². The van der Waals surface area contributed by atoms with Gasteiger partial charge in [-0.05, 0) is 68.3 Å². The Labute approximate surface area is 191 Å². The molecule has 0 aliphatic carbocycles. The molecule has 0 unspecified atom stereocenters. The Balaban J connectivity index is 1.44. The number of nitrogens with zero attached hydrogens (tertiary/aromatic N) is 4. The Morgan fingerprint density at radius 1 is 1.00 bits per heavy atom. The van der Waals surface area contributed by atoms with Crippen molar-refractivity contribution in [2.24, 2.45) is 0 Å². The lowest BCUT2D eigenvalue weighted by Crippen LogP contribution is -2.15. The summed E-state index contributed by atoms with van der Waals surface area (Å²) in [5, 5.41) is 4.50. The van der Waals surface area contributed by atoms with Crippen LogP contribution in [0.25, 0.3) is 5.82 Å². The van der Waals surface area contributed by atoms with E-state index in [0.29, 0.717) is 28.7 Å². The van der Waals surface area contributed by atoms with Crippen LogP contribution < -0.4 is 9.46 Å². The molecule has 2 aromatic heterocycles. The van der Waals surface area contributed by atoms with Crippen molar-refractivity contribution in [2.75, 3.05) is 4.72 Å². The molecule has 2 aromatic carbocycles. The van der Waals surface area contributed by atoms with E-state index in [1.54, 1.807) is 35.0 Å². The van der Waals surface area contributed by atoms with Gasteiger partial charge < -0.3 is 4.74 Å². The summed E-state index contributed by atoms with van der Waals surface area (Å²) in [7, 11) is -3.66. The van der Waals surface area contributed by atoms with Gasteiger partial charge in [0.2, 0.25) is 15.9 Å². The number of aryl methyl sites for hydroxylation is 1. The number of hydrogen-bond donors (Lipinski definition) is 1. The molecule has 8 nitrogen and oxygen atoms in total. The monoisotopic (exact) mass is 467 g/mol. The van der Waals surface area contributed by atoms with Gasteiger partial charge in [-0.2, -0.15) is 5.10 Å². The van der Waals surface area contributed by atoms with Gasteiger partial charge in [0.1, 0.15) is 17.9 Å². The van der Waals surface area contributed by atoms with Crippen LogP contribution in [0.15, 0.2) is 60.9 Å². The van der Waals surface area contributed by atoms with E-state index in [2.05, 4.69) is 19.8 Å². The number of aromatic nitrogens is 4. The lowest BCUT2D eigenvalue weighted by molar-refractivity contribution is 0.460. The molecule has 0 aliphatic heterocycles. The smallest absolute Gasteiger partial charge is 0.236 e. The van der Waals surface area contributed by atoms with Gasteiger partial charge in [-0.15, -0.1) is 0 Å². The van der Waals surface area contributed by atoms with Crippen LogP contribution in [0.3, 0.4) is 0 Å². The van der Waals surface area contributed by atoms with Gasteiger partial charge in [-0.1, -0.05) is 12.1 Å². The van der Waals surface area contributed by atoms with Crippen LogP contribution in [0.4, 0.5) is 10.1 Å². The van der Waals surface area contributed by atoms with E-state index in [1.807, 2.05) is 20.8 Å². The Morgan fingerprint density at radius 2 is 1.70 bits per heavy atom. The summed E-state index contributed by atoms with van der Waals surface area (Å²) in [6.45, 7) is 5.91. The molecule has 1 N–H and O–H groups in total. The first kappa shape index (κ1) is 22.4. The molecule has 2 heterocycles. The van der Waals surface area contributed by atoms with Crippen molar-refractivity contribution >= 4 is 15.7 Å². The van der Waals surface area contributed by atoms with E-state index in [4.69, 9.17) is 4.74 Å². The molecule has 0 amide bonds. The average molecular weight is 468 g/mol. The van der Waals surface area contributed by atoms with Crippen LogP contribution in [-0.4, -0.2) is 28.2 Å². The van der Waals surface area contributed by atoms with E-state index >= 15 is 0 Å². The molecule has 4 aromatic rings. The highest BCUT2D eigenvalue weighted by Gasteiger charge is 2.13. The van der Waals surface area contributed by atoms with Gasteiger partial charge >= 0.3 is 0 Å². The minimum absolute atomic E-state index is 0.263. The number of halogens is 1. The maximum absolute atomic E-state index is 13.0. The maximum atomic E-state index is 13.0. The molecule has 0 aliphatic rings. The Kier molecular flexibility index (Phi) is 6.10. The zero-order valence-corrected chi connectivity index (χ0v) is 19.1. The number of nitrogens with one attached hydrogen (secondary N) is 1.